The Morgan fingerprint density at radius 3 is 1.73 bits per heavy atom. The summed E-state index contributed by atoms with van der Waals surface area (Å²) in [6.45, 7) is 26.6. The van der Waals surface area contributed by atoms with Gasteiger partial charge in [0.25, 0.3) is 0 Å². The van der Waals surface area contributed by atoms with Gasteiger partial charge in [-0.1, -0.05) is 168 Å². The number of aromatic hydroxyl groups is 1. The maximum atomic E-state index is 11.6. The summed E-state index contributed by atoms with van der Waals surface area (Å²) in [6, 6.07) is 39.5. The molecule has 1 N–H and O–H groups in total. The zero-order valence-corrected chi connectivity index (χ0v) is 36.0. The molecule has 7 rings (SSSR count). The summed E-state index contributed by atoms with van der Waals surface area (Å²) >= 11 is 1.72. The Hall–Kier alpha value is -5.06. The van der Waals surface area contributed by atoms with E-state index >= 15 is 0 Å². The first-order valence-corrected chi connectivity index (χ1v) is 20.6. The van der Waals surface area contributed by atoms with E-state index in [9.17, 15) is 5.11 Å². The molecule has 0 amide bonds. The zero-order chi connectivity index (χ0) is 40.4. The quantitative estimate of drug-likeness (QED) is 0.178. The lowest BCUT2D eigenvalue weighted by atomic mass is 9.79. The molecule has 0 spiro atoms. The highest BCUT2D eigenvalue weighted by Gasteiger charge is 2.25. The molecule has 0 fully saturated rings. The molecule has 0 atom stereocenters. The van der Waals surface area contributed by atoms with E-state index in [1.165, 1.54) is 27.8 Å². The molecule has 0 bridgehead atoms. The van der Waals surface area contributed by atoms with Crippen LogP contribution in [0.5, 0.6) is 5.75 Å². The minimum Gasteiger partial charge on any atom is -0.507 e. The van der Waals surface area contributed by atoms with E-state index in [0.29, 0.717) is 0 Å². The fraction of sp³-hybridized carbons (Fsp3) is 0.308. The number of hydrogen-bond donors (Lipinski definition) is 1. The van der Waals surface area contributed by atoms with Crippen LogP contribution in [0.15, 0.2) is 114 Å². The number of hydrogen-bond acceptors (Lipinski definition) is 4. The molecular formula is C52H56N2OS. The first kappa shape index (κ1) is 39.2. The Kier molecular flexibility index (Phi) is 9.90. The van der Waals surface area contributed by atoms with Gasteiger partial charge in [-0.25, -0.2) is 4.98 Å². The number of aliphatic imine (C=N–C) groups is 1. The van der Waals surface area contributed by atoms with Crippen molar-refractivity contribution in [1.82, 2.24) is 4.98 Å². The van der Waals surface area contributed by atoms with Crippen LogP contribution in [0.4, 0.5) is 5.69 Å². The molecule has 0 radical (unpaired) electrons. The number of phenols is 1. The molecule has 6 aromatic carbocycles. The van der Waals surface area contributed by atoms with Gasteiger partial charge in [0.1, 0.15) is 10.8 Å². The van der Waals surface area contributed by atoms with Crippen LogP contribution in [0.3, 0.4) is 0 Å². The molecule has 0 unspecified atom stereocenters. The van der Waals surface area contributed by atoms with Crippen molar-refractivity contribution in [2.75, 3.05) is 0 Å². The molecular weight excluding hydrogens is 701 g/mol. The van der Waals surface area contributed by atoms with Crippen molar-refractivity contribution in [3.63, 3.8) is 0 Å². The number of nitrogens with zero attached hydrogens (tertiary/aromatic N) is 2. The van der Waals surface area contributed by atoms with Crippen LogP contribution < -0.4 is 0 Å². The third kappa shape index (κ3) is 7.82. The summed E-state index contributed by atoms with van der Waals surface area (Å²) in [5.41, 5.74) is 12.7. The number of thiazole rings is 1. The van der Waals surface area contributed by atoms with Crippen LogP contribution in [-0.2, 0) is 21.7 Å². The van der Waals surface area contributed by atoms with E-state index < -0.39 is 0 Å². The number of rotatable bonds is 5. The van der Waals surface area contributed by atoms with Gasteiger partial charge < -0.3 is 5.11 Å². The molecule has 0 aliphatic rings. The van der Waals surface area contributed by atoms with Crippen molar-refractivity contribution < 1.29 is 5.11 Å². The number of fused-ring (bicyclic) bond motifs is 2. The van der Waals surface area contributed by atoms with Crippen LogP contribution in [-0.4, -0.2) is 16.3 Å². The van der Waals surface area contributed by atoms with Crippen molar-refractivity contribution in [2.24, 2.45) is 4.99 Å². The highest BCUT2D eigenvalue weighted by molar-refractivity contribution is 7.21. The monoisotopic (exact) mass is 756 g/mol. The highest BCUT2D eigenvalue weighted by Crippen LogP contribution is 2.45. The zero-order valence-electron chi connectivity index (χ0n) is 35.2. The minimum atomic E-state index is -0.235. The second-order valence-corrected chi connectivity index (χ2v) is 20.5. The molecule has 0 aliphatic heterocycles. The highest BCUT2D eigenvalue weighted by atomic mass is 32.1. The number of phenolic OH excluding ortho intramolecular Hbond substituents is 1. The van der Waals surface area contributed by atoms with Crippen LogP contribution in [0.1, 0.15) is 111 Å². The van der Waals surface area contributed by atoms with E-state index in [0.717, 1.165) is 59.5 Å². The van der Waals surface area contributed by atoms with E-state index in [4.69, 9.17) is 9.98 Å². The third-order valence-electron chi connectivity index (χ3n) is 10.9. The van der Waals surface area contributed by atoms with Crippen molar-refractivity contribution in [1.29, 1.82) is 0 Å². The third-order valence-corrected chi connectivity index (χ3v) is 12.0. The first-order valence-electron chi connectivity index (χ1n) is 19.8. The summed E-state index contributed by atoms with van der Waals surface area (Å²) in [5.74, 6) is 0.281. The lowest BCUT2D eigenvalue weighted by Crippen LogP contribution is -2.17. The van der Waals surface area contributed by atoms with Gasteiger partial charge in [-0.15, -0.1) is 11.3 Å². The predicted octanol–water partition coefficient (Wildman–Crippen LogP) is 15.1. The molecule has 1 aromatic heterocycles. The van der Waals surface area contributed by atoms with Crippen molar-refractivity contribution in [3.8, 4) is 38.6 Å². The topological polar surface area (TPSA) is 45.5 Å². The normalized spacial score (nSPS) is 13.0. The number of benzene rings is 6. The Morgan fingerprint density at radius 2 is 1.12 bits per heavy atom. The average Bonchev–Trinajstić information content (AvgIpc) is 3.56. The van der Waals surface area contributed by atoms with E-state index in [-0.39, 0.29) is 27.4 Å². The average molecular weight is 757 g/mol. The largest absolute Gasteiger partial charge is 0.507 e. The smallest absolute Gasteiger partial charge is 0.128 e. The molecule has 0 saturated heterocycles. The molecule has 3 nitrogen and oxygen atoms in total. The van der Waals surface area contributed by atoms with E-state index in [1.807, 2.05) is 6.21 Å². The van der Waals surface area contributed by atoms with Gasteiger partial charge in [0.15, 0.2) is 0 Å². The van der Waals surface area contributed by atoms with Crippen molar-refractivity contribution >= 4 is 44.2 Å². The van der Waals surface area contributed by atoms with E-state index in [1.54, 1.807) is 11.3 Å². The standard InChI is InChI=1S/C52H56N2OS/c1-49(2,3)37-24-21-33(22-25-37)32-17-19-35(20-18-32)42-28-39(51(7,8)9)30-44-46(42)54-48(56-44)41-26-23-34-15-13-14-16-40(34)45(41)53-31-36-27-38(50(4,5)6)29-43(47(36)55)52(10,11)12/h13-31,55H,1-12H3. The Balaban J connectivity index is 1.37. The van der Waals surface area contributed by atoms with Crippen molar-refractivity contribution in [2.45, 2.75) is 105 Å². The Bertz CT molecular complexity index is 2600. The molecule has 0 aliphatic carbocycles. The van der Waals surface area contributed by atoms with Gasteiger partial charge in [-0.2, -0.15) is 0 Å². The summed E-state index contributed by atoms with van der Waals surface area (Å²) in [4.78, 5) is 10.7. The summed E-state index contributed by atoms with van der Waals surface area (Å²) < 4.78 is 1.15. The summed E-state index contributed by atoms with van der Waals surface area (Å²) in [7, 11) is 0. The van der Waals surface area contributed by atoms with Gasteiger partial charge in [0.2, 0.25) is 0 Å². The predicted molar refractivity (Wildman–Crippen MR) is 244 cm³/mol. The van der Waals surface area contributed by atoms with Crippen molar-refractivity contribution in [3.05, 3.63) is 137 Å². The van der Waals surface area contributed by atoms with E-state index in [2.05, 4.69) is 192 Å². The maximum Gasteiger partial charge on any atom is 0.128 e. The van der Waals surface area contributed by atoms with Gasteiger partial charge >= 0.3 is 0 Å². The lowest BCUT2D eigenvalue weighted by Gasteiger charge is -2.27. The van der Waals surface area contributed by atoms with Crippen LogP contribution in [0.25, 0.3) is 53.8 Å². The fourth-order valence-electron chi connectivity index (χ4n) is 7.26. The second kappa shape index (κ2) is 14.2. The molecule has 4 heteroatoms. The molecule has 56 heavy (non-hydrogen) atoms. The van der Waals surface area contributed by atoms with Crippen LogP contribution in [0.2, 0.25) is 0 Å². The minimum absolute atomic E-state index is 0.0459. The summed E-state index contributed by atoms with van der Waals surface area (Å²) in [6.07, 6.45) is 1.85. The van der Waals surface area contributed by atoms with Gasteiger partial charge in [0.05, 0.1) is 15.9 Å². The molecule has 286 valence electrons. The summed E-state index contributed by atoms with van der Waals surface area (Å²) in [5, 5.41) is 14.7. The fourth-order valence-corrected chi connectivity index (χ4v) is 8.32. The SMILES string of the molecule is CC(C)(C)c1ccc(-c2ccc(-c3cc(C(C)(C)C)cc4sc(-c5ccc6ccccc6c5N=Cc5cc(C(C)(C)C)cc(C(C)(C)C)c5O)nc34)cc2)cc1. The Labute approximate surface area is 338 Å². The molecule has 7 aromatic rings. The Morgan fingerprint density at radius 1 is 0.554 bits per heavy atom. The van der Waals surface area contributed by atoms with Crippen LogP contribution in [0, 0.1) is 0 Å². The first-order chi connectivity index (χ1) is 26.2. The maximum absolute atomic E-state index is 11.6. The molecule has 0 saturated carbocycles. The number of aromatic nitrogens is 1. The second-order valence-electron chi connectivity index (χ2n) is 19.4. The molecule has 1 heterocycles. The van der Waals surface area contributed by atoms with Gasteiger partial charge in [-0.05, 0) is 84.7 Å². The lowest BCUT2D eigenvalue weighted by molar-refractivity contribution is 0.444. The van der Waals surface area contributed by atoms with Crippen LogP contribution >= 0.6 is 11.3 Å². The van der Waals surface area contributed by atoms with Gasteiger partial charge in [-0.3, -0.25) is 4.99 Å². The van der Waals surface area contributed by atoms with Gasteiger partial charge in [0, 0.05) is 33.9 Å².